The van der Waals surface area contributed by atoms with Gasteiger partial charge >= 0.3 is 0 Å². The van der Waals surface area contributed by atoms with Gasteiger partial charge in [0, 0.05) is 5.69 Å². The molecule has 0 spiro atoms. The molecule has 1 aliphatic rings. The Morgan fingerprint density at radius 1 is 1.26 bits per heavy atom. The highest BCUT2D eigenvalue weighted by molar-refractivity contribution is 7.91. The zero-order valence-corrected chi connectivity index (χ0v) is 15.9. The van der Waals surface area contributed by atoms with Crippen LogP contribution in [0.25, 0.3) is 0 Å². The van der Waals surface area contributed by atoms with Crippen LogP contribution in [0.5, 0.6) is 5.75 Å². The molecule has 1 heterocycles. The second kappa shape index (κ2) is 7.99. The highest BCUT2D eigenvalue weighted by atomic mass is 35.5. The summed E-state index contributed by atoms with van der Waals surface area (Å²) >= 11 is 6.07. The van der Waals surface area contributed by atoms with Crippen LogP contribution in [-0.2, 0) is 14.6 Å². The van der Waals surface area contributed by atoms with Gasteiger partial charge in [-0.1, -0.05) is 29.8 Å². The Morgan fingerprint density at radius 3 is 2.59 bits per heavy atom. The molecule has 0 unspecified atom stereocenters. The minimum Gasteiger partial charge on any atom is -0.482 e. The Bertz CT molecular complexity index is 987. The lowest BCUT2D eigenvalue weighted by Crippen LogP contribution is -2.43. The first-order chi connectivity index (χ1) is 12.9. The van der Waals surface area contributed by atoms with Gasteiger partial charge in [0.15, 0.2) is 16.4 Å². The van der Waals surface area contributed by atoms with Gasteiger partial charge in [0.2, 0.25) is 0 Å². The lowest BCUT2D eigenvalue weighted by atomic mass is 10.2. The van der Waals surface area contributed by atoms with Crippen LogP contribution >= 0.6 is 11.6 Å². The average Bonchev–Trinajstić information content (AvgIpc) is 3.01. The van der Waals surface area contributed by atoms with Crippen molar-refractivity contribution in [2.24, 2.45) is 0 Å². The van der Waals surface area contributed by atoms with Crippen LogP contribution < -0.4 is 9.64 Å². The van der Waals surface area contributed by atoms with Crippen LogP contribution in [0.2, 0.25) is 5.02 Å². The fourth-order valence-electron chi connectivity index (χ4n) is 3.02. The minimum atomic E-state index is -3.15. The minimum absolute atomic E-state index is 0.0642. The van der Waals surface area contributed by atoms with E-state index in [4.69, 9.17) is 21.6 Å². The summed E-state index contributed by atoms with van der Waals surface area (Å²) in [6.07, 6.45) is 0.389. The summed E-state index contributed by atoms with van der Waals surface area (Å²) in [6.45, 7) is -0.295. The summed E-state index contributed by atoms with van der Waals surface area (Å²) < 4.78 is 29.3. The van der Waals surface area contributed by atoms with E-state index in [9.17, 15) is 13.2 Å². The Balaban J connectivity index is 1.79. The van der Waals surface area contributed by atoms with Crippen LogP contribution in [0.15, 0.2) is 48.5 Å². The molecule has 2 aromatic carbocycles. The Morgan fingerprint density at radius 2 is 2.00 bits per heavy atom. The van der Waals surface area contributed by atoms with Crippen LogP contribution in [-0.4, -0.2) is 38.5 Å². The van der Waals surface area contributed by atoms with Crippen LogP contribution in [0, 0.1) is 11.3 Å². The fraction of sp³-hybridized carbons (Fsp3) is 0.263. The predicted molar refractivity (Wildman–Crippen MR) is 103 cm³/mol. The molecule has 1 fully saturated rings. The molecule has 0 radical (unpaired) electrons. The summed E-state index contributed by atoms with van der Waals surface area (Å²) in [5.74, 6) is -0.0678. The molecule has 2 aromatic rings. The molecule has 0 N–H and O–H groups in total. The van der Waals surface area contributed by atoms with Crippen molar-refractivity contribution in [3.63, 3.8) is 0 Å². The number of benzene rings is 2. The number of anilines is 1. The molecule has 140 valence electrons. The van der Waals surface area contributed by atoms with Gasteiger partial charge in [-0.3, -0.25) is 4.79 Å². The molecule has 0 aromatic heterocycles. The van der Waals surface area contributed by atoms with Gasteiger partial charge in [-0.05, 0) is 36.8 Å². The highest BCUT2D eigenvalue weighted by Crippen LogP contribution is 2.27. The molecule has 3 rings (SSSR count). The van der Waals surface area contributed by atoms with E-state index in [0.717, 1.165) is 0 Å². The maximum atomic E-state index is 12.9. The van der Waals surface area contributed by atoms with Crippen LogP contribution in [0.1, 0.15) is 12.0 Å². The molecule has 1 atom stereocenters. The number of halogens is 1. The summed E-state index contributed by atoms with van der Waals surface area (Å²) in [6, 6.07) is 15.0. The Labute approximate surface area is 162 Å². The third-order valence-corrected chi connectivity index (χ3v) is 6.33. The van der Waals surface area contributed by atoms with E-state index >= 15 is 0 Å². The van der Waals surface area contributed by atoms with Gasteiger partial charge in [0.05, 0.1) is 34.2 Å². The second-order valence-corrected chi connectivity index (χ2v) is 8.84. The summed E-state index contributed by atoms with van der Waals surface area (Å²) in [5, 5.41) is 9.11. The van der Waals surface area contributed by atoms with Gasteiger partial charge in [0.1, 0.15) is 5.75 Å². The molecule has 6 nitrogen and oxygen atoms in total. The van der Waals surface area contributed by atoms with E-state index in [1.165, 1.54) is 17.0 Å². The first-order valence-electron chi connectivity index (χ1n) is 8.29. The van der Waals surface area contributed by atoms with E-state index in [1.807, 2.05) is 12.1 Å². The number of nitrogens with zero attached hydrogens (tertiary/aromatic N) is 2. The molecular formula is C19H17ClN2O4S. The number of para-hydroxylation sites is 1. The second-order valence-electron chi connectivity index (χ2n) is 6.20. The van der Waals surface area contributed by atoms with Crippen LogP contribution in [0.4, 0.5) is 5.69 Å². The molecule has 8 heteroatoms. The molecule has 1 amide bonds. The lowest BCUT2D eigenvalue weighted by Gasteiger charge is -2.28. The van der Waals surface area contributed by atoms with Crippen molar-refractivity contribution < 1.29 is 17.9 Å². The smallest absolute Gasteiger partial charge is 0.265 e. The number of nitriles is 1. The quantitative estimate of drug-likeness (QED) is 0.764. The van der Waals surface area contributed by atoms with Gasteiger partial charge in [-0.25, -0.2) is 8.42 Å². The van der Waals surface area contributed by atoms with E-state index in [-0.39, 0.29) is 34.8 Å². The van der Waals surface area contributed by atoms with Gasteiger partial charge in [-0.2, -0.15) is 5.26 Å². The first kappa shape index (κ1) is 19.2. The molecule has 1 aliphatic heterocycles. The van der Waals surface area contributed by atoms with Crippen molar-refractivity contribution in [2.45, 2.75) is 12.5 Å². The summed E-state index contributed by atoms with van der Waals surface area (Å²) in [4.78, 5) is 14.3. The van der Waals surface area contributed by atoms with E-state index in [0.29, 0.717) is 17.7 Å². The zero-order valence-electron chi connectivity index (χ0n) is 14.3. The number of amides is 1. The van der Waals surface area contributed by atoms with Crippen LogP contribution in [0.3, 0.4) is 0 Å². The highest BCUT2D eigenvalue weighted by Gasteiger charge is 2.35. The summed E-state index contributed by atoms with van der Waals surface area (Å²) in [5.41, 5.74) is 1.01. The molecular weight excluding hydrogens is 388 g/mol. The standard InChI is InChI=1S/C19H17ClN2O4S/c20-17-10-14(11-21)6-7-18(17)26-12-19(23)22(15-4-2-1-3-5-15)16-8-9-27(24,25)13-16/h1-7,10,16H,8-9,12-13H2/t16-/m1/s1. The van der Waals surface area contributed by atoms with Crippen molar-refractivity contribution in [3.05, 3.63) is 59.1 Å². The third-order valence-electron chi connectivity index (χ3n) is 4.29. The number of rotatable bonds is 5. The van der Waals surface area contributed by atoms with Crippen molar-refractivity contribution in [3.8, 4) is 11.8 Å². The molecule has 1 saturated heterocycles. The van der Waals surface area contributed by atoms with E-state index < -0.39 is 15.9 Å². The first-order valence-corrected chi connectivity index (χ1v) is 10.5. The Kier molecular flexibility index (Phi) is 5.68. The number of hydrogen-bond acceptors (Lipinski definition) is 5. The van der Waals surface area contributed by atoms with Gasteiger partial charge in [0.25, 0.3) is 5.91 Å². The molecule has 0 bridgehead atoms. The van der Waals surface area contributed by atoms with Crippen molar-refractivity contribution >= 4 is 33.0 Å². The largest absolute Gasteiger partial charge is 0.482 e. The SMILES string of the molecule is N#Cc1ccc(OCC(=O)N(c2ccccc2)[C@@H]2CCS(=O)(=O)C2)c(Cl)c1. The lowest BCUT2D eigenvalue weighted by molar-refractivity contribution is -0.121. The molecule has 0 aliphatic carbocycles. The predicted octanol–water partition coefficient (Wildman–Crippen LogP) is 2.81. The number of hydrogen-bond donors (Lipinski definition) is 0. The monoisotopic (exact) mass is 404 g/mol. The van der Waals surface area contributed by atoms with Crippen molar-refractivity contribution in [1.29, 1.82) is 5.26 Å². The number of ether oxygens (including phenoxy) is 1. The average molecular weight is 405 g/mol. The van der Waals surface area contributed by atoms with Gasteiger partial charge < -0.3 is 9.64 Å². The van der Waals surface area contributed by atoms with Crippen molar-refractivity contribution in [1.82, 2.24) is 0 Å². The summed E-state index contributed by atoms with van der Waals surface area (Å²) in [7, 11) is -3.15. The maximum Gasteiger partial charge on any atom is 0.265 e. The third kappa shape index (κ3) is 4.59. The molecule has 0 saturated carbocycles. The molecule has 27 heavy (non-hydrogen) atoms. The fourth-order valence-corrected chi connectivity index (χ4v) is 4.96. The number of carbonyl (C=O) groups is 1. The topological polar surface area (TPSA) is 87.5 Å². The normalized spacial score (nSPS) is 17.9. The van der Waals surface area contributed by atoms with Crippen molar-refractivity contribution in [2.75, 3.05) is 23.0 Å². The Hall–Kier alpha value is -2.56. The van der Waals surface area contributed by atoms with E-state index in [1.54, 1.807) is 30.3 Å². The maximum absolute atomic E-state index is 12.9. The van der Waals surface area contributed by atoms with Gasteiger partial charge in [-0.15, -0.1) is 0 Å². The zero-order chi connectivity index (χ0) is 19.4. The number of carbonyl (C=O) groups excluding carboxylic acids is 1. The van der Waals surface area contributed by atoms with E-state index in [2.05, 4.69) is 0 Å². The number of sulfone groups is 1.